The number of esters is 1. The summed E-state index contributed by atoms with van der Waals surface area (Å²) in [5, 5.41) is -0.532. The van der Waals surface area contributed by atoms with Crippen molar-refractivity contribution in [2.45, 2.75) is 13.0 Å². The van der Waals surface area contributed by atoms with Crippen LogP contribution >= 0.6 is 27.7 Å². The van der Waals surface area contributed by atoms with Crippen LogP contribution in [0.2, 0.25) is 0 Å². The van der Waals surface area contributed by atoms with E-state index in [2.05, 4.69) is 20.7 Å². The molecule has 1 aromatic rings. The van der Waals surface area contributed by atoms with Gasteiger partial charge in [0.1, 0.15) is 6.04 Å². The molecule has 0 saturated carbocycles. The smallest absolute Gasteiger partial charge is 0.328 e. The number of benzene rings is 1. The summed E-state index contributed by atoms with van der Waals surface area (Å²) in [6.45, 7) is 1.44. The molecule has 1 aliphatic heterocycles. The van der Waals surface area contributed by atoms with Crippen molar-refractivity contribution in [3.63, 3.8) is 0 Å². The minimum atomic E-state index is -0.998. The highest BCUT2D eigenvalue weighted by Crippen LogP contribution is 2.39. The molecule has 7 nitrogen and oxygen atoms in total. The number of carbonyl (C=O) groups is 3. The Morgan fingerprint density at radius 3 is 2.48 bits per heavy atom. The molecule has 0 N–H and O–H groups in total. The number of ether oxygens (including phenoxy) is 3. The van der Waals surface area contributed by atoms with Crippen molar-refractivity contribution < 1.29 is 28.6 Å². The average molecular weight is 430 g/mol. The lowest BCUT2D eigenvalue weighted by Gasteiger charge is -2.18. The van der Waals surface area contributed by atoms with E-state index in [9.17, 15) is 14.4 Å². The number of halogens is 1. The molecule has 1 fully saturated rings. The highest BCUT2D eigenvalue weighted by atomic mass is 79.9. The van der Waals surface area contributed by atoms with Crippen molar-refractivity contribution in [3.05, 3.63) is 27.1 Å². The molecule has 25 heavy (non-hydrogen) atoms. The first-order valence-electron chi connectivity index (χ1n) is 7.10. The van der Waals surface area contributed by atoms with Crippen molar-refractivity contribution >= 4 is 50.9 Å². The monoisotopic (exact) mass is 429 g/mol. The number of rotatable bonds is 5. The van der Waals surface area contributed by atoms with E-state index in [1.807, 2.05) is 0 Å². The lowest BCUT2D eigenvalue weighted by Crippen LogP contribution is -2.42. The quantitative estimate of drug-likeness (QED) is 0.525. The number of amides is 2. The molecule has 9 heteroatoms. The number of hydrogen-bond donors (Lipinski definition) is 0. The first-order valence-corrected chi connectivity index (χ1v) is 8.71. The second-order valence-electron chi connectivity index (χ2n) is 4.98. The highest BCUT2D eigenvalue weighted by molar-refractivity contribution is 9.10. The molecule has 2 rings (SSSR count). The number of carbonyl (C=O) groups excluding carboxylic acids is 3. The van der Waals surface area contributed by atoms with E-state index in [0.717, 1.165) is 21.1 Å². The molecule has 1 aromatic carbocycles. The lowest BCUT2D eigenvalue weighted by molar-refractivity contribution is -0.148. The highest BCUT2D eigenvalue weighted by Gasteiger charge is 2.41. The first-order chi connectivity index (χ1) is 11.8. The van der Waals surface area contributed by atoms with Gasteiger partial charge in [0.25, 0.3) is 11.1 Å². The third-order valence-electron chi connectivity index (χ3n) is 3.51. The molecule has 1 aliphatic rings. The Balaban J connectivity index is 2.43. The molecule has 0 aliphatic carbocycles. The number of nitrogens with zero attached hydrogens (tertiary/aromatic N) is 1. The molecule has 0 radical (unpaired) electrons. The minimum Gasteiger partial charge on any atom is -0.493 e. The summed E-state index contributed by atoms with van der Waals surface area (Å²) in [5.74, 6) is -0.317. The summed E-state index contributed by atoms with van der Waals surface area (Å²) in [4.78, 5) is 37.4. The molecule has 0 aromatic heterocycles. The second-order valence-corrected chi connectivity index (χ2v) is 6.89. The zero-order valence-electron chi connectivity index (χ0n) is 14.0. The molecule has 0 unspecified atom stereocenters. The van der Waals surface area contributed by atoms with Crippen LogP contribution in [0.15, 0.2) is 21.5 Å². The van der Waals surface area contributed by atoms with Crippen LogP contribution < -0.4 is 9.47 Å². The zero-order chi connectivity index (χ0) is 18.7. The van der Waals surface area contributed by atoms with Gasteiger partial charge in [0.05, 0.1) is 26.2 Å². The fourth-order valence-electron chi connectivity index (χ4n) is 2.30. The van der Waals surface area contributed by atoms with E-state index in [4.69, 9.17) is 9.47 Å². The second kappa shape index (κ2) is 7.92. The Bertz CT molecular complexity index is 763. The topological polar surface area (TPSA) is 82.1 Å². The van der Waals surface area contributed by atoms with E-state index in [1.165, 1.54) is 34.3 Å². The van der Waals surface area contributed by atoms with E-state index >= 15 is 0 Å². The van der Waals surface area contributed by atoms with E-state index in [0.29, 0.717) is 17.1 Å². The third-order valence-corrected chi connectivity index (χ3v) is 4.85. The Morgan fingerprint density at radius 2 is 1.92 bits per heavy atom. The fourth-order valence-corrected chi connectivity index (χ4v) is 3.65. The zero-order valence-corrected chi connectivity index (χ0v) is 16.4. The molecule has 0 bridgehead atoms. The van der Waals surface area contributed by atoms with Crippen LogP contribution in [0.4, 0.5) is 4.79 Å². The fraction of sp³-hybridized carbons (Fsp3) is 0.312. The van der Waals surface area contributed by atoms with E-state index < -0.39 is 23.2 Å². The predicted molar refractivity (Wildman–Crippen MR) is 96.5 cm³/mol. The molecule has 1 heterocycles. The van der Waals surface area contributed by atoms with Gasteiger partial charge in [-0.05, 0) is 36.9 Å². The van der Waals surface area contributed by atoms with Gasteiger partial charge in [-0.15, -0.1) is 0 Å². The molecule has 0 spiro atoms. The van der Waals surface area contributed by atoms with Crippen molar-refractivity contribution in [3.8, 4) is 11.5 Å². The van der Waals surface area contributed by atoms with Gasteiger partial charge in [-0.1, -0.05) is 15.9 Å². The normalized spacial score (nSPS) is 17.0. The molecular weight excluding hydrogens is 414 g/mol. The Morgan fingerprint density at radius 1 is 1.24 bits per heavy atom. The van der Waals surface area contributed by atoms with Gasteiger partial charge in [-0.2, -0.15) is 0 Å². The van der Waals surface area contributed by atoms with Crippen LogP contribution in [0.3, 0.4) is 0 Å². The van der Waals surface area contributed by atoms with Crippen molar-refractivity contribution in [2.24, 2.45) is 0 Å². The summed E-state index contributed by atoms with van der Waals surface area (Å²) >= 11 is 4.11. The third kappa shape index (κ3) is 3.82. The number of imide groups is 1. The Kier molecular flexibility index (Phi) is 6.12. The lowest BCUT2D eigenvalue weighted by atomic mass is 10.1. The van der Waals surface area contributed by atoms with Gasteiger partial charge in [-0.25, -0.2) is 4.79 Å². The summed E-state index contributed by atoms with van der Waals surface area (Å²) in [6, 6.07) is 2.46. The van der Waals surface area contributed by atoms with Gasteiger partial charge in [0.2, 0.25) is 0 Å². The summed E-state index contributed by atoms with van der Waals surface area (Å²) < 4.78 is 15.9. The van der Waals surface area contributed by atoms with Crippen LogP contribution in [0.25, 0.3) is 6.08 Å². The van der Waals surface area contributed by atoms with Crippen molar-refractivity contribution in [2.75, 3.05) is 21.3 Å². The maximum atomic E-state index is 12.5. The van der Waals surface area contributed by atoms with Crippen molar-refractivity contribution in [1.29, 1.82) is 0 Å². The maximum Gasteiger partial charge on any atom is 0.328 e. The van der Waals surface area contributed by atoms with Crippen LogP contribution in [0.1, 0.15) is 12.5 Å². The van der Waals surface area contributed by atoms with Gasteiger partial charge < -0.3 is 14.2 Å². The largest absolute Gasteiger partial charge is 0.493 e. The molecule has 1 saturated heterocycles. The van der Waals surface area contributed by atoms with Gasteiger partial charge >= 0.3 is 5.97 Å². The van der Waals surface area contributed by atoms with Crippen LogP contribution in [0, 0.1) is 0 Å². The Hall–Kier alpha value is -2.00. The number of thioether (sulfide) groups is 1. The average Bonchev–Trinajstić information content (AvgIpc) is 2.86. The minimum absolute atomic E-state index is 0.180. The van der Waals surface area contributed by atoms with Crippen LogP contribution in [0.5, 0.6) is 11.5 Å². The number of methoxy groups -OCH3 is 3. The molecular formula is C16H16BrNO6S. The van der Waals surface area contributed by atoms with E-state index in [1.54, 1.807) is 12.1 Å². The molecule has 2 amide bonds. The van der Waals surface area contributed by atoms with Gasteiger partial charge in [0, 0.05) is 10.0 Å². The van der Waals surface area contributed by atoms with E-state index in [-0.39, 0.29) is 4.91 Å². The SMILES string of the molecule is COC(=O)[C@H](C)N1C(=O)S/C(=C/c2cc(Br)cc(OC)c2OC)C1=O. The first kappa shape index (κ1) is 19.3. The Labute approximate surface area is 157 Å². The predicted octanol–water partition coefficient (Wildman–Crippen LogP) is 3.06. The maximum absolute atomic E-state index is 12.5. The summed E-state index contributed by atoms with van der Waals surface area (Å²) in [5.41, 5.74) is 0.560. The summed E-state index contributed by atoms with van der Waals surface area (Å²) in [7, 11) is 4.18. The number of hydrogen-bond acceptors (Lipinski definition) is 7. The summed E-state index contributed by atoms with van der Waals surface area (Å²) in [6.07, 6.45) is 1.53. The van der Waals surface area contributed by atoms with Crippen molar-refractivity contribution in [1.82, 2.24) is 4.90 Å². The van der Waals surface area contributed by atoms with Gasteiger partial charge in [-0.3, -0.25) is 14.5 Å². The molecule has 134 valence electrons. The standard InChI is InChI=1S/C16H16BrNO6S/c1-8(15(20)24-4)18-14(19)12(25-16(18)21)6-9-5-10(17)7-11(22-2)13(9)23-3/h5-8H,1-4H3/b12-6+/t8-/m0/s1. The van der Waals surface area contributed by atoms with Gasteiger partial charge in [0.15, 0.2) is 11.5 Å². The molecule has 1 atom stereocenters. The van der Waals surface area contributed by atoms with Crippen LogP contribution in [-0.4, -0.2) is 49.4 Å². The van der Waals surface area contributed by atoms with Crippen LogP contribution in [-0.2, 0) is 14.3 Å².